The Labute approximate surface area is 167 Å². The zero-order valence-corrected chi connectivity index (χ0v) is 16.7. The molecule has 0 atom stereocenters. The van der Waals surface area contributed by atoms with Crippen LogP contribution in [0, 0.1) is 13.8 Å². The second kappa shape index (κ2) is 8.67. The predicted octanol–water partition coefficient (Wildman–Crippen LogP) is 3.78. The topological polar surface area (TPSA) is 76.0 Å². The maximum Gasteiger partial charge on any atom is 0.251 e. The van der Waals surface area contributed by atoms with Gasteiger partial charge in [-0.2, -0.15) is 0 Å². The Hall–Kier alpha value is -3.19. The number of amides is 2. The molecule has 0 saturated heterocycles. The molecule has 0 aliphatic rings. The van der Waals surface area contributed by atoms with E-state index in [-0.39, 0.29) is 18.4 Å². The molecule has 0 saturated carbocycles. The molecule has 2 N–H and O–H groups in total. The molecule has 0 aliphatic heterocycles. The van der Waals surface area contributed by atoms with Crippen molar-refractivity contribution in [1.29, 1.82) is 0 Å². The maximum atomic E-state index is 12.1. The second-order valence-electron chi connectivity index (χ2n) is 6.32. The van der Waals surface area contributed by atoms with Gasteiger partial charge in [0.2, 0.25) is 5.91 Å². The fourth-order valence-corrected chi connectivity index (χ4v) is 3.67. The van der Waals surface area contributed by atoms with Gasteiger partial charge in [0.1, 0.15) is 0 Å². The zero-order chi connectivity index (χ0) is 20.1. The first-order valence-electron chi connectivity index (χ1n) is 8.86. The monoisotopic (exact) mass is 394 g/mol. The van der Waals surface area contributed by atoms with Gasteiger partial charge in [0.15, 0.2) is 5.13 Å². The van der Waals surface area contributed by atoms with Crippen LogP contribution in [-0.2, 0) is 11.3 Å². The lowest BCUT2D eigenvalue weighted by Crippen LogP contribution is -2.32. The summed E-state index contributed by atoms with van der Waals surface area (Å²) < 4.78 is 2.17. The molecule has 6 nitrogen and oxygen atoms in total. The Balaban J connectivity index is 1.62. The highest BCUT2D eigenvalue weighted by Gasteiger charge is 2.14. The number of aryl methyl sites for hydroxylation is 1. The van der Waals surface area contributed by atoms with Crippen LogP contribution in [0.5, 0.6) is 0 Å². The molecule has 2 heterocycles. The van der Waals surface area contributed by atoms with E-state index in [9.17, 15) is 9.59 Å². The first-order chi connectivity index (χ1) is 13.5. The zero-order valence-electron chi connectivity index (χ0n) is 15.9. The Morgan fingerprint density at radius 3 is 2.71 bits per heavy atom. The average Bonchev–Trinajstić information content (AvgIpc) is 3.26. The summed E-state index contributed by atoms with van der Waals surface area (Å²) in [5.41, 5.74) is 4.61. The maximum absolute atomic E-state index is 12.1. The molecule has 0 fully saturated rings. The van der Waals surface area contributed by atoms with Gasteiger partial charge < -0.3 is 15.2 Å². The highest BCUT2D eigenvalue weighted by Crippen LogP contribution is 2.29. The lowest BCUT2D eigenvalue weighted by atomic mass is 10.2. The predicted molar refractivity (Wildman–Crippen MR) is 113 cm³/mol. The van der Waals surface area contributed by atoms with E-state index in [1.165, 1.54) is 11.3 Å². The second-order valence-corrected chi connectivity index (χ2v) is 7.18. The molecule has 3 aromatic rings. The van der Waals surface area contributed by atoms with Crippen molar-refractivity contribution >= 4 is 28.3 Å². The Kier molecular flexibility index (Phi) is 6.06. The van der Waals surface area contributed by atoms with Gasteiger partial charge in [-0.3, -0.25) is 9.59 Å². The number of benzene rings is 1. The number of carbonyl (C=O) groups is 2. The summed E-state index contributed by atoms with van der Waals surface area (Å²) in [5, 5.41) is 7.76. The minimum absolute atomic E-state index is 0.115. The highest BCUT2D eigenvalue weighted by atomic mass is 32.1. The lowest BCUT2D eigenvalue weighted by molar-refractivity contribution is -0.115. The van der Waals surface area contributed by atoms with Crippen molar-refractivity contribution in [3.05, 3.63) is 71.4 Å². The normalized spacial score (nSPS) is 10.5. The number of nitrogens with one attached hydrogen (secondary N) is 2. The van der Waals surface area contributed by atoms with E-state index in [2.05, 4.69) is 32.8 Å². The van der Waals surface area contributed by atoms with Gasteiger partial charge in [0.25, 0.3) is 5.91 Å². The molecule has 7 heteroatoms. The third-order valence-corrected chi connectivity index (χ3v) is 5.12. The van der Waals surface area contributed by atoms with Crippen LogP contribution in [0.1, 0.15) is 21.7 Å². The van der Waals surface area contributed by atoms with E-state index in [1.807, 2.05) is 31.4 Å². The van der Waals surface area contributed by atoms with Crippen molar-refractivity contribution in [2.75, 3.05) is 11.9 Å². The number of allylic oxidation sites excluding steroid dienone is 1. The van der Waals surface area contributed by atoms with Crippen molar-refractivity contribution in [3.8, 4) is 11.3 Å². The summed E-state index contributed by atoms with van der Waals surface area (Å²) >= 11 is 1.36. The molecule has 2 aromatic heterocycles. The third-order valence-electron chi connectivity index (χ3n) is 4.36. The largest absolute Gasteiger partial charge is 0.345 e. The van der Waals surface area contributed by atoms with E-state index in [1.54, 1.807) is 24.3 Å². The quantitative estimate of drug-likeness (QED) is 0.599. The van der Waals surface area contributed by atoms with E-state index < -0.39 is 0 Å². The Morgan fingerprint density at radius 1 is 1.25 bits per heavy atom. The first-order valence-corrected chi connectivity index (χ1v) is 9.74. The molecule has 0 aliphatic carbocycles. The van der Waals surface area contributed by atoms with Crippen LogP contribution in [0.25, 0.3) is 11.3 Å². The lowest BCUT2D eigenvalue weighted by Gasteiger charge is -2.06. The Bertz CT molecular complexity index is 1000. The van der Waals surface area contributed by atoms with Crippen molar-refractivity contribution in [3.63, 3.8) is 0 Å². The molecule has 0 spiro atoms. The number of carbonyl (C=O) groups excluding carboxylic acids is 2. The minimum atomic E-state index is -0.317. The van der Waals surface area contributed by atoms with Crippen molar-refractivity contribution < 1.29 is 9.59 Å². The minimum Gasteiger partial charge on any atom is -0.345 e. The van der Waals surface area contributed by atoms with Crippen molar-refractivity contribution in [2.24, 2.45) is 0 Å². The summed E-state index contributed by atoms with van der Waals surface area (Å²) in [6.07, 6.45) is 1.86. The molecule has 0 radical (unpaired) electrons. The molecule has 3 rings (SSSR count). The van der Waals surface area contributed by atoms with E-state index in [4.69, 9.17) is 0 Å². The van der Waals surface area contributed by atoms with E-state index in [0.29, 0.717) is 10.7 Å². The summed E-state index contributed by atoms with van der Waals surface area (Å²) in [4.78, 5) is 28.6. The van der Waals surface area contributed by atoms with E-state index >= 15 is 0 Å². The summed E-state index contributed by atoms with van der Waals surface area (Å²) in [6, 6.07) is 10.9. The van der Waals surface area contributed by atoms with Gasteiger partial charge in [-0.15, -0.1) is 17.9 Å². The van der Waals surface area contributed by atoms with E-state index in [0.717, 1.165) is 29.2 Å². The van der Waals surface area contributed by atoms with Gasteiger partial charge in [0.05, 0.1) is 12.2 Å². The number of anilines is 1. The van der Waals surface area contributed by atoms with Crippen LogP contribution in [-0.4, -0.2) is 27.9 Å². The van der Waals surface area contributed by atoms with Gasteiger partial charge in [0, 0.05) is 34.4 Å². The standard InChI is InChI=1S/C21H22N4O2S/c1-4-10-25-14(2)11-17(15(25)3)18-13-28-21(23-18)24-19(26)12-22-20(27)16-8-6-5-7-9-16/h4-9,11,13H,1,10,12H2,2-3H3,(H,22,27)(H,23,24,26). The van der Waals surface area contributed by atoms with Crippen molar-refractivity contribution in [2.45, 2.75) is 20.4 Å². The van der Waals surface area contributed by atoms with Crippen LogP contribution >= 0.6 is 11.3 Å². The number of hydrogen-bond acceptors (Lipinski definition) is 4. The molecule has 144 valence electrons. The van der Waals surface area contributed by atoms with Gasteiger partial charge in [-0.1, -0.05) is 24.3 Å². The molecule has 0 bridgehead atoms. The summed E-state index contributed by atoms with van der Waals surface area (Å²) in [7, 11) is 0. The van der Waals surface area contributed by atoms with Crippen LogP contribution in [0.15, 0.2) is 54.4 Å². The van der Waals surface area contributed by atoms with Gasteiger partial charge >= 0.3 is 0 Å². The number of thiazole rings is 1. The fourth-order valence-electron chi connectivity index (χ4n) is 2.94. The molecule has 2 amide bonds. The summed E-state index contributed by atoms with van der Waals surface area (Å²) in [5.74, 6) is -0.604. The molecule has 1 aromatic carbocycles. The van der Waals surface area contributed by atoms with Crippen LogP contribution in [0.4, 0.5) is 5.13 Å². The smallest absolute Gasteiger partial charge is 0.251 e. The molecule has 28 heavy (non-hydrogen) atoms. The SMILES string of the molecule is C=CCn1c(C)cc(-c2csc(NC(=O)CNC(=O)c3ccccc3)n2)c1C. The molecular formula is C21H22N4O2S. The number of rotatable bonds is 7. The van der Waals surface area contributed by atoms with Gasteiger partial charge in [-0.25, -0.2) is 4.98 Å². The fraction of sp³-hybridized carbons (Fsp3) is 0.190. The van der Waals surface area contributed by atoms with Gasteiger partial charge in [-0.05, 0) is 32.0 Å². The van der Waals surface area contributed by atoms with Crippen molar-refractivity contribution in [1.82, 2.24) is 14.9 Å². The Morgan fingerprint density at radius 2 is 2.00 bits per heavy atom. The number of aromatic nitrogens is 2. The number of nitrogens with zero attached hydrogens (tertiary/aromatic N) is 2. The van der Waals surface area contributed by atoms with Crippen LogP contribution in [0.3, 0.4) is 0 Å². The number of hydrogen-bond donors (Lipinski definition) is 2. The average molecular weight is 395 g/mol. The summed E-state index contributed by atoms with van der Waals surface area (Å²) in [6.45, 7) is 8.51. The molecular weight excluding hydrogens is 372 g/mol. The van der Waals surface area contributed by atoms with Crippen LogP contribution < -0.4 is 10.6 Å². The van der Waals surface area contributed by atoms with Crippen LogP contribution in [0.2, 0.25) is 0 Å². The third kappa shape index (κ3) is 4.37. The first kappa shape index (κ1) is 19.6. The molecule has 0 unspecified atom stereocenters. The highest BCUT2D eigenvalue weighted by molar-refractivity contribution is 7.14.